The Morgan fingerprint density at radius 2 is 2.04 bits per heavy atom. The van der Waals surface area contributed by atoms with Gasteiger partial charge >= 0.3 is 5.97 Å². The number of carbonyl (C=O) groups is 2. The van der Waals surface area contributed by atoms with Gasteiger partial charge in [0.25, 0.3) is 11.6 Å². The number of nitro benzene ring substituents is 1. The Morgan fingerprint density at radius 3 is 2.70 bits per heavy atom. The molecule has 1 aromatic carbocycles. The summed E-state index contributed by atoms with van der Waals surface area (Å²) in [5, 5.41) is 13.5. The second-order valence-electron chi connectivity index (χ2n) is 4.91. The van der Waals surface area contributed by atoms with Gasteiger partial charge in [-0.05, 0) is 34.5 Å². The third-order valence-corrected chi connectivity index (χ3v) is 3.74. The molecule has 0 aliphatic rings. The van der Waals surface area contributed by atoms with Crippen LogP contribution >= 0.6 is 15.9 Å². The number of unbranched alkanes of at least 4 members (excludes halogenated alkanes) is 3. The first-order valence-electron chi connectivity index (χ1n) is 7.33. The zero-order valence-electron chi connectivity index (χ0n) is 12.8. The number of carbonyl (C=O) groups excluding carboxylic acids is 2. The van der Waals surface area contributed by atoms with Gasteiger partial charge in [-0.3, -0.25) is 14.9 Å². The summed E-state index contributed by atoms with van der Waals surface area (Å²) >= 11 is 3.03. The highest BCUT2D eigenvalue weighted by atomic mass is 79.9. The number of nitrogens with one attached hydrogen (secondary N) is 1. The van der Waals surface area contributed by atoms with Crippen LogP contribution in [0.25, 0.3) is 0 Å². The Bertz CT molecular complexity index is 577. The maximum absolute atomic E-state index is 11.8. The predicted octanol–water partition coefficient (Wildman–Crippen LogP) is 3.21. The Kier molecular flexibility index (Phi) is 8.25. The summed E-state index contributed by atoms with van der Waals surface area (Å²) in [5.41, 5.74) is -0.213. The van der Waals surface area contributed by atoms with Crippen molar-refractivity contribution in [3.63, 3.8) is 0 Å². The Balaban J connectivity index is 2.43. The van der Waals surface area contributed by atoms with Crippen LogP contribution in [-0.2, 0) is 9.53 Å². The van der Waals surface area contributed by atoms with E-state index in [1.54, 1.807) is 0 Å². The van der Waals surface area contributed by atoms with Gasteiger partial charge in [0.1, 0.15) is 0 Å². The van der Waals surface area contributed by atoms with Crippen molar-refractivity contribution in [2.75, 3.05) is 13.2 Å². The summed E-state index contributed by atoms with van der Waals surface area (Å²) in [6.07, 6.45) is 4.16. The maximum atomic E-state index is 11.8. The summed E-state index contributed by atoms with van der Waals surface area (Å²) in [5.74, 6) is -1.16. The standard InChI is InChI=1S/C15H19BrN2O5/c1-2-3-4-5-8-17-14(19)10-23-15(20)11-6-7-12(16)13(9-11)18(21)22/h6-7,9H,2-5,8,10H2,1H3,(H,17,19). The van der Waals surface area contributed by atoms with Gasteiger partial charge in [-0.1, -0.05) is 26.2 Å². The predicted molar refractivity (Wildman–Crippen MR) is 88.2 cm³/mol. The molecule has 0 spiro atoms. The monoisotopic (exact) mass is 386 g/mol. The molecule has 0 bridgehead atoms. The molecule has 1 N–H and O–H groups in total. The molecule has 7 nitrogen and oxygen atoms in total. The van der Waals surface area contributed by atoms with Gasteiger partial charge in [0, 0.05) is 12.6 Å². The van der Waals surface area contributed by atoms with Crippen LogP contribution in [0.3, 0.4) is 0 Å². The molecule has 0 aromatic heterocycles. The van der Waals surface area contributed by atoms with Crippen LogP contribution in [0, 0.1) is 10.1 Å². The van der Waals surface area contributed by atoms with E-state index in [-0.39, 0.29) is 21.6 Å². The molecule has 126 valence electrons. The Hall–Kier alpha value is -1.96. The van der Waals surface area contributed by atoms with Gasteiger partial charge in [-0.25, -0.2) is 4.79 Å². The quantitative estimate of drug-likeness (QED) is 0.304. The maximum Gasteiger partial charge on any atom is 0.338 e. The van der Waals surface area contributed by atoms with Crippen molar-refractivity contribution in [3.8, 4) is 0 Å². The van der Waals surface area contributed by atoms with Crippen molar-refractivity contribution in [2.24, 2.45) is 0 Å². The highest BCUT2D eigenvalue weighted by Gasteiger charge is 2.17. The van der Waals surface area contributed by atoms with E-state index in [4.69, 9.17) is 4.74 Å². The second kappa shape index (κ2) is 9.94. The highest BCUT2D eigenvalue weighted by molar-refractivity contribution is 9.10. The largest absolute Gasteiger partial charge is 0.452 e. The second-order valence-corrected chi connectivity index (χ2v) is 5.76. The van der Waals surface area contributed by atoms with Gasteiger partial charge in [0.05, 0.1) is 15.0 Å². The summed E-state index contributed by atoms with van der Waals surface area (Å²) in [4.78, 5) is 33.6. The fraction of sp³-hybridized carbons (Fsp3) is 0.467. The average Bonchev–Trinajstić information content (AvgIpc) is 2.52. The lowest BCUT2D eigenvalue weighted by molar-refractivity contribution is -0.385. The number of hydrogen-bond acceptors (Lipinski definition) is 5. The van der Waals surface area contributed by atoms with Crippen LogP contribution in [0.15, 0.2) is 22.7 Å². The molecule has 1 aromatic rings. The number of halogens is 1. The molecule has 1 rings (SSSR count). The van der Waals surface area contributed by atoms with Gasteiger partial charge in [0.15, 0.2) is 6.61 Å². The van der Waals surface area contributed by atoms with E-state index >= 15 is 0 Å². The zero-order chi connectivity index (χ0) is 17.2. The molecule has 0 fully saturated rings. The minimum Gasteiger partial charge on any atom is -0.452 e. The van der Waals surface area contributed by atoms with Gasteiger partial charge in [-0.15, -0.1) is 0 Å². The minimum absolute atomic E-state index is 0.0237. The minimum atomic E-state index is -0.776. The third-order valence-electron chi connectivity index (χ3n) is 3.07. The number of nitro groups is 1. The van der Waals surface area contributed by atoms with Crippen molar-refractivity contribution in [3.05, 3.63) is 38.3 Å². The summed E-state index contributed by atoms with van der Waals surface area (Å²) in [6.45, 7) is 2.24. The molecule has 0 aliphatic carbocycles. The molecule has 23 heavy (non-hydrogen) atoms. The number of ether oxygens (including phenoxy) is 1. The van der Waals surface area contributed by atoms with Crippen molar-refractivity contribution in [1.29, 1.82) is 0 Å². The smallest absolute Gasteiger partial charge is 0.338 e. The molecule has 0 heterocycles. The molecule has 0 saturated carbocycles. The Morgan fingerprint density at radius 1 is 1.30 bits per heavy atom. The normalized spacial score (nSPS) is 10.2. The van der Waals surface area contributed by atoms with Crippen molar-refractivity contribution in [2.45, 2.75) is 32.6 Å². The molecule has 0 aliphatic heterocycles. The summed E-state index contributed by atoms with van der Waals surface area (Å²) in [6, 6.07) is 3.89. The van der Waals surface area contributed by atoms with Crippen molar-refractivity contribution in [1.82, 2.24) is 5.32 Å². The first kappa shape index (κ1) is 19.1. The molecular weight excluding hydrogens is 368 g/mol. The molecule has 1 amide bonds. The van der Waals surface area contributed by atoms with E-state index in [0.717, 1.165) is 31.7 Å². The highest BCUT2D eigenvalue weighted by Crippen LogP contribution is 2.25. The zero-order valence-corrected chi connectivity index (χ0v) is 14.4. The topological polar surface area (TPSA) is 98.5 Å². The van der Waals surface area contributed by atoms with Crippen LogP contribution in [0.2, 0.25) is 0 Å². The van der Waals surface area contributed by atoms with Gasteiger partial charge in [-0.2, -0.15) is 0 Å². The van der Waals surface area contributed by atoms with Gasteiger partial charge in [0.2, 0.25) is 0 Å². The Labute approximate surface area is 142 Å². The van der Waals surface area contributed by atoms with Crippen LogP contribution in [0.5, 0.6) is 0 Å². The number of esters is 1. The number of hydrogen-bond donors (Lipinski definition) is 1. The lowest BCUT2D eigenvalue weighted by Crippen LogP contribution is -2.29. The molecule has 0 atom stereocenters. The molecular formula is C15H19BrN2O5. The average molecular weight is 387 g/mol. The van der Waals surface area contributed by atoms with Crippen LogP contribution in [0.1, 0.15) is 43.0 Å². The fourth-order valence-corrected chi connectivity index (χ4v) is 2.22. The van der Waals surface area contributed by atoms with E-state index < -0.39 is 17.5 Å². The molecule has 0 radical (unpaired) electrons. The summed E-state index contributed by atoms with van der Waals surface area (Å²) in [7, 11) is 0. The summed E-state index contributed by atoms with van der Waals surface area (Å²) < 4.78 is 5.12. The van der Waals surface area contributed by atoms with Crippen LogP contribution < -0.4 is 5.32 Å². The van der Waals surface area contributed by atoms with Crippen LogP contribution in [0.4, 0.5) is 5.69 Å². The van der Waals surface area contributed by atoms with E-state index in [1.807, 2.05) is 0 Å². The van der Waals surface area contributed by atoms with E-state index in [9.17, 15) is 19.7 Å². The lowest BCUT2D eigenvalue weighted by Gasteiger charge is -2.07. The number of benzene rings is 1. The van der Waals surface area contributed by atoms with E-state index in [1.165, 1.54) is 12.1 Å². The number of rotatable bonds is 9. The fourth-order valence-electron chi connectivity index (χ4n) is 1.82. The number of amides is 1. The van der Waals surface area contributed by atoms with Crippen molar-refractivity contribution < 1.29 is 19.2 Å². The number of nitrogens with zero attached hydrogens (tertiary/aromatic N) is 1. The first-order valence-corrected chi connectivity index (χ1v) is 8.12. The molecule has 0 unspecified atom stereocenters. The van der Waals surface area contributed by atoms with Gasteiger partial charge < -0.3 is 10.1 Å². The van der Waals surface area contributed by atoms with Crippen LogP contribution in [-0.4, -0.2) is 30.0 Å². The van der Waals surface area contributed by atoms with E-state index in [0.29, 0.717) is 6.54 Å². The SMILES string of the molecule is CCCCCCNC(=O)COC(=O)c1ccc(Br)c([N+](=O)[O-])c1. The van der Waals surface area contributed by atoms with E-state index in [2.05, 4.69) is 28.2 Å². The third kappa shape index (κ3) is 6.77. The molecule has 0 saturated heterocycles. The molecule has 8 heteroatoms. The lowest BCUT2D eigenvalue weighted by atomic mass is 10.2. The first-order chi connectivity index (χ1) is 11.0. The van der Waals surface area contributed by atoms with Crippen molar-refractivity contribution >= 4 is 33.5 Å².